The van der Waals surface area contributed by atoms with Gasteiger partial charge in [0.2, 0.25) is 0 Å². The lowest BCUT2D eigenvalue weighted by molar-refractivity contribution is -0.678. The van der Waals surface area contributed by atoms with Gasteiger partial charge in [-0.3, -0.25) is 4.98 Å². The number of hydrogen-bond donors (Lipinski definition) is 0. The molecule has 0 atom stereocenters. The lowest BCUT2D eigenvalue weighted by Crippen LogP contribution is -2.33. The third-order valence-corrected chi connectivity index (χ3v) is 2.52. The van der Waals surface area contributed by atoms with Gasteiger partial charge in [-0.25, -0.2) is 4.57 Å². The standard InChI is InChI=1S/C12H15N2/c1-9(2)12-6-11-7-13-5-4-10(11)8-14(12)3/h4-9H,1-3H3/q+1. The van der Waals surface area contributed by atoms with Crippen LogP contribution in [0, 0.1) is 0 Å². The van der Waals surface area contributed by atoms with Crippen molar-refractivity contribution < 1.29 is 4.57 Å². The van der Waals surface area contributed by atoms with Gasteiger partial charge < -0.3 is 0 Å². The molecule has 2 nitrogen and oxygen atoms in total. The number of nitrogens with zero attached hydrogens (tertiary/aromatic N) is 2. The highest BCUT2D eigenvalue weighted by Gasteiger charge is 2.12. The van der Waals surface area contributed by atoms with Crippen LogP contribution in [0.15, 0.2) is 30.7 Å². The van der Waals surface area contributed by atoms with Gasteiger partial charge in [0.05, 0.1) is 0 Å². The van der Waals surface area contributed by atoms with Crippen molar-refractivity contribution in [3.05, 3.63) is 36.4 Å². The van der Waals surface area contributed by atoms with Gasteiger partial charge in [-0.2, -0.15) is 0 Å². The Balaban J connectivity index is 2.71. The van der Waals surface area contributed by atoms with Crippen LogP contribution in [0.4, 0.5) is 0 Å². The predicted molar refractivity (Wildman–Crippen MR) is 57.0 cm³/mol. The summed E-state index contributed by atoms with van der Waals surface area (Å²) in [5, 5.41) is 2.46. The van der Waals surface area contributed by atoms with Gasteiger partial charge in [0.15, 0.2) is 11.9 Å². The van der Waals surface area contributed by atoms with E-state index in [9.17, 15) is 0 Å². The first-order valence-corrected chi connectivity index (χ1v) is 4.92. The van der Waals surface area contributed by atoms with Crippen LogP contribution in [-0.4, -0.2) is 4.98 Å². The van der Waals surface area contributed by atoms with Gasteiger partial charge in [-0.15, -0.1) is 0 Å². The van der Waals surface area contributed by atoms with E-state index in [1.165, 1.54) is 16.5 Å². The largest absolute Gasteiger partial charge is 0.264 e. The van der Waals surface area contributed by atoms with Crippen LogP contribution in [0.5, 0.6) is 0 Å². The molecule has 0 spiro atoms. The number of rotatable bonds is 1. The maximum absolute atomic E-state index is 4.13. The van der Waals surface area contributed by atoms with Crippen LogP contribution in [-0.2, 0) is 7.05 Å². The molecule has 2 rings (SSSR count). The first-order chi connectivity index (χ1) is 6.68. The predicted octanol–water partition coefficient (Wildman–Crippen LogP) is 2.18. The molecule has 0 radical (unpaired) electrons. The van der Waals surface area contributed by atoms with Gasteiger partial charge >= 0.3 is 0 Å². The first-order valence-electron chi connectivity index (χ1n) is 4.92. The molecule has 0 amide bonds. The summed E-state index contributed by atoms with van der Waals surface area (Å²) in [6.07, 6.45) is 5.91. The fourth-order valence-corrected chi connectivity index (χ4v) is 1.77. The Morgan fingerprint density at radius 3 is 2.79 bits per heavy atom. The van der Waals surface area contributed by atoms with Crippen LogP contribution in [0.3, 0.4) is 0 Å². The molecule has 0 saturated carbocycles. The molecular weight excluding hydrogens is 172 g/mol. The van der Waals surface area contributed by atoms with Crippen molar-refractivity contribution >= 4 is 10.8 Å². The molecule has 0 unspecified atom stereocenters. The number of aromatic nitrogens is 2. The van der Waals surface area contributed by atoms with E-state index in [1.54, 1.807) is 0 Å². The van der Waals surface area contributed by atoms with E-state index < -0.39 is 0 Å². The van der Waals surface area contributed by atoms with Crippen molar-refractivity contribution in [1.82, 2.24) is 4.98 Å². The third kappa shape index (κ3) is 1.48. The van der Waals surface area contributed by atoms with Gasteiger partial charge in [-0.1, -0.05) is 13.8 Å². The minimum absolute atomic E-state index is 0.546. The Labute approximate surface area is 84.2 Å². The average Bonchev–Trinajstić information content (AvgIpc) is 2.16. The molecule has 2 heteroatoms. The van der Waals surface area contributed by atoms with Crippen LogP contribution in [0.25, 0.3) is 10.8 Å². The van der Waals surface area contributed by atoms with Crippen molar-refractivity contribution in [1.29, 1.82) is 0 Å². The van der Waals surface area contributed by atoms with Crippen LogP contribution in [0.1, 0.15) is 25.5 Å². The van der Waals surface area contributed by atoms with Gasteiger partial charge in [-0.05, 0) is 6.07 Å². The summed E-state index contributed by atoms with van der Waals surface area (Å²) in [4.78, 5) is 4.13. The number of fused-ring (bicyclic) bond motifs is 1. The van der Waals surface area contributed by atoms with E-state index in [4.69, 9.17) is 0 Å². The summed E-state index contributed by atoms with van der Waals surface area (Å²) in [6.45, 7) is 4.41. The molecule has 0 bridgehead atoms. The van der Waals surface area contributed by atoms with E-state index in [-0.39, 0.29) is 0 Å². The van der Waals surface area contributed by atoms with E-state index in [1.807, 2.05) is 18.5 Å². The maximum atomic E-state index is 4.13. The average molecular weight is 187 g/mol. The smallest absolute Gasteiger partial charge is 0.184 e. The van der Waals surface area contributed by atoms with Crippen LogP contribution >= 0.6 is 0 Å². The fourth-order valence-electron chi connectivity index (χ4n) is 1.77. The van der Waals surface area contributed by atoms with Crippen molar-refractivity contribution in [2.24, 2.45) is 7.05 Å². The molecule has 0 fully saturated rings. The maximum Gasteiger partial charge on any atom is 0.184 e. The fraction of sp³-hybridized carbons (Fsp3) is 0.333. The van der Waals surface area contributed by atoms with Crippen molar-refractivity contribution in [2.45, 2.75) is 19.8 Å². The number of hydrogen-bond acceptors (Lipinski definition) is 1. The van der Waals surface area contributed by atoms with E-state index in [0.29, 0.717) is 5.92 Å². The number of pyridine rings is 2. The second-order valence-electron chi connectivity index (χ2n) is 3.97. The summed E-state index contributed by atoms with van der Waals surface area (Å²) in [5.41, 5.74) is 1.34. The molecule has 0 aliphatic rings. The lowest BCUT2D eigenvalue weighted by Gasteiger charge is -2.04. The lowest BCUT2D eigenvalue weighted by atomic mass is 10.1. The normalized spacial score (nSPS) is 11.1. The monoisotopic (exact) mass is 187 g/mol. The Bertz CT molecular complexity index is 461. The van der Waals surface area contributed by atoms with Crippen LogP contribution < -0.4 is 4.57 Å². The molecule has 0 aliphatic carbocycles. The SMILES string of the molecule is CC(C)c1cc2cnccc2c[n+]1C. The van der Waals surface area contributed by atoms with Crippen molar-refractivity contribution in [3.63, 3.8) is 0 Å². The highest BCUT2D eigenvalue weighted by atomic mass is 14.9. The molecular formula is C12H15N2+. The first kappa shape index (κ1) is 9.13. The molecule has 72 valence electrons. The van der Waals surface area contributed by atoms with Gasteiger partial charge in [0.25, 0.3) is 0 Å². The van der Waals surface area contributed by atoms with Crippen LogP contribution in [0.2, 0.25) is 0 Å². The Kier molecular flexibility index (Phi) is 2.20. The Hall–Kier alpha value is -1.44. The molecule has 0 aromatic carbocycles. The van der Waals surface area contributed by atoms with Crippen molar-refractivity contribution in [2.75, 3.05) is 0 Å². The van der Waals surface area contributed by atoms with E-state index in [2.05, 4.69) is 42.7 Å². The topological polar surface area (TPSA) is 16.8 Å². The minimum atomic E-state index is 0.546. The molecule has 2 aromatic rings. The van der Waals surface area contributed by atoms with Gasteiger partial charge in [0.1, 0.15) is 7.05 Å². The molecule has 0 N–H and O–H groups in total. The van der Waals surface area contributed by atoms with Gasteiger partial charge in [0, 0.05) is 35.2 Å². The van der Waals surface area contributed by atoms with E-state index in [0.717, 1.165) is 0 Å². The third-order valence-electron chi connectivity index (χ3n) is 2.52. The number of aryl methyl sites for hydroxylation is 1. The molecule has 2 aromatic heterocycles. The molecule has 14 heavy (non-hydrogen) atoms. The summed E-state index contributed by atoms with van der Waals surface area (Å²) in [6, 6.07) is 4.26. The Morgan fingerprint density at radius 1 is 1.29 bits per heavy atom. The summed E-state index contributed by atoms with van der Waals surface area (Å²) in [5.74, 6) is 0.546. The van der Waals surface area contributed by atoms with E-state index >= 15 is 0 Å². The summed E-state index contributed by atoms with van der Waals surface area (Å²) in [7, 11) is 2.09. The zero-order valence-electron chi connectivity index (χ0n) is 8.86. The summed E-state index contributed by atoms with van der Waals surface area (Å²) < 4.78 is 2.19. The molecule has 0 aliphatic heterocycles. The summed E-state index contributed by atoms with van der Waals surface area (Å²) >= 11 is 0. The highest BCUT2D eigenvalue weighted by Crippen LogP contribution is 2.15. The second-order valence-corrected chi connectivity index (χ2v) is 3.97. The highest BCUT2D eigenvalue weighted by molar-refractivity contribution is 5.79. The second kappa shape index (κ2) is 3.37. The zero-order valence-corrected chi connectivity index (χ0v) is 8.86. The zero-order chi connectivity index (χ0) is 10.1. The van der Waals surface area contributed by atoms with Crippen molar-refractivity contribution in [3.8, 4) is 0 Å². The Morgan fingerprint density at radius 2 is 2.07 bits per heavy atom. The minimum Gasteiger partial charge on any atom is -0.264 e. The quantitative estimate of drug-likeness (QED) is 0.625. The molecule has 0 saturated heterocycles. The molecule has 2 heterocycles.